The Kier molecular flexibility index (Phi) is 10.5. The normalized spacial score (nSPS) is 10.9. The Labute approximate surface area is 183 Å². The molecule has 2 aromatic rings. The Morgan fingerprint density at radius 2 is 1.17 bits per heavy atom. The zero-order valence-electron chi connectivity index (χ0n) is 19.1. The maximum absolute atomic E-state index is 12.9. The first-order valence-corrected chi connectivity index (χ1v) is 11.8. The van der Waals surface area contributed by atoms with Gasteiger partial charge in [-0.05, 0) is 32.3 Å². The monoisotopic (exact) mass is 406 g/mol. The highest BCUT2D eigenvalue weighted by Gasteiger charge is 2.21. The maximum atomic E-state index is 12.9. The summed E-state index contributed by atoms with van der Waals surface area (Å²) in [5.41, 5.74) is 4.27. The predicted octanol–water partition coefficient (Wildman–Crippen LogP) is 7.83. The molecule has 0 aliphatic carbocycles. The smallest absolute Gasteiger partial charge is 0.233 e. The summed E-state index contributed by atoms with van der Waals surface area (Å²) in [7, 11) is 0. The molecule has 0 aromatic heterocycles. The lowest BCUT2D eigenvalue weighted by molar-refractivity contribution is 0.0816. The van der Waals surface area contributed by atoms with Crippen LogP contribution in [-0.2, 0) is 6.42 Å². The lowest BCUT2D eigenvalue weighted by atomic mass is 9.93. The maximum Gasteiger partial charge on any atom is 0.233 e. The van der Waals surface area contributed by atoms with Gasteiger partial charge >= 0.3 is 0 Å². The molecule has 0 amide bonds. The van der Waals surface area contributed by atoms with Crippen molar-refractivity contribution in [2.24, 2.45) is 0 Å². The molecule has 30 heavy (non-hydrogen) atoms. The van der Waals surface area contributed by atoms with Crippen molar-refractivity contribution in [1.29, 1.82) is 0 Å². The van der Waals surface area contributed by atoms with E-state index in [1.54, 1.807) is 12.1 Å². The van der Waals surface area contributed by atoms with Gasteiger partial charge in [-0.3, -0.25) is 9.59 Å². The van der Waals surface area contributed by atoms with Crippen LogP contribution in [0.2, 0.25) is 0 Å². The molecule has 0 saturated carbocycles. The van der Waals surface area contributed by atoms with Crippen molar-refractivity contribution < 1.29 is 9.59 Å². The Bertz CT molecular complexity index is 802. The van der Waals surface area contributed by atoms with Crippen LogP contribution in [0.25, 0.3) is 0 Å². The Hall–Kier alpha value is -2.22. The number of rotatable bonds is 14. The van der Waals surface area contributed by atoms with E-state index in [9.17, 15) is 9.59 Å². The Morgan fingerprint density at radius 1 is 0.633 bits per heavy atom. The number of benzene rings is 2. The number of carbonyl (C=O) groups is 2. The van der Waals surface area contributed by atoms with E-state index < -0.39 is 5.78 Å². The standard InChI is InChI=1S/C28H38O2/c1-4-5-6-7-8-9-10-11-12-13-14-25-21-23(3)17-20-26(25)28(30)27(29)24-18-15-22(2)16-19-24/h15-21H,4-14H2,1-3H3. The molecule has 2 aromatic carbocycles. The van der Waals surface area contributed by atoms with Crippen molar-refractivity contribution in [2.75, 3.05) is 0 Å². The predicted molar refractivity (Wildman–Crippen MR) is 127 cm³/mol. The lowest BCUT2D eigenvalue weighted by Crippen LogP contribution is -2.16. The quantitative estimate of drug-likeness (QED) is 0.182. The van der Waals surface area contributed by atoms with Crippen LogP contribution in [0.3, 0.4) is 0 Å². The molecule has 2 heteroatoms. The first-order valence-electron chi connectivity index (χ1n) is 11.8. The Balaban J connectivity index is 1.85. The highest BCUT2D eigenvalue weighted by molar-refractivity contribution is 6.49. The Morgan fingerprint density at radius 3 is 1.77 bits per heavy atom. The van der Waals surface area contributed by atoms with Crippen LogP contribution in [-0.4, -0.2) is 11.6 Å². The first-order chi connectivity index (χ1) is 14.5. The zero-order valence-corrected chi connectivity index (χ0v) is 19.1. The van der Waals surface area contributed by atoms with Crippen LogP contribution in [0.5, 0.6) is 0 Å². The topological polar surface area (TPSA) is 34.1 Å². The number of hydrogen-bond acceptors (Lipinski definition) is 2. The minimum absolute atomic E-state index is 0.388. The highest BCUT2D eigenvalue weighted by Crippen LogP contribution is 2.19. The number of hydrogen-bond donors (Lipinski definition) is 0. The van der Waals surface area contributed by atoms with Crippen molar-refractivity contribution in [2.45, 2.75) is 91.4 Å². The van der Waals surface area contributed by atoms with Gasteiger partial charge in [0, 0.05) is 11.1 Å². The van der Waals surface area contributed by atoms with Gasteiger partial charge in [-0.25, -0.2) is 0 Å². The van der Waals surface area contributed by atoms with Gasteiger partial charge in [0.15, 0.2) is 0 Å². The van der Waals surface area contributed by atoms with Gasteiger partial charge in [-0.1, -0.05) is 118 Å². The molecule has 2 rings (SSSR count). The van der Waals surface area contributed by atoms with Gasteiger partial charge in [0.05, 0.1) is 0 Å². The molecule has 0 aliphatic heterocycles. The molecule has 0 heterocycles. The number of ketones is 2. The summed E-state index contributed by atoms with van der Waals surface area (Å²) < 4.78 is 0. The third-order valence-electron chi connectivity index (χ3n) is 5.83. The average Bonchev–Trinajstić information content (AvgIpc) is 2.75. The van der Waals surface area contributed by atoms with Crippen molar-refractivity contribution in [3.63, 3.8) is 0 Å². The molecule has 0 aliphatic rings. The summed E-state index contributed by atoms with van der Waals surface area (Å²) in [4.78, 5) is 25.6. The fourth-order valence-electron chi connectivity index (χ4n) is 3.91. The largest absolute Gasteiger partial charge is 0.285 e. The minimum atomic E-state index is -0.414. The minimum Gasteiger partial charge on any atom is -0.285 e. The second kappa shape index (κ2) is 13.2. The van der Waals surface area contributed by atoms with E-state index >= 15 is 0 Å². The second-order valence-corrected chi connectivity index (χ2v) is 8.62. The van der Waals surface area contributed by atoms with Gasteiger partial charge in [-0.15, -0.1) is 0 Å². The van der Waals surface area contributed by atoms with E-state index in [0.717, 1.165) is 29.5 Å². The molecule has 0 unspecified atom stereocenters. The van der Waals surface area contributed by atoms with Crippen molar-refractivity contribution >= 4 is 11.6 Å². The van der Waals surface area contributed by atoms with E-state index in [-0.39, 0.29) is 5.78 Å². The number of unbranched alkanes of at least 4 members (excludes halogenated alkanes) is 9. The van der Waals surface area contributed by atoms with E-state index in [1.807, 2.05) is 38.1 Å². The molecule has 0 fully saturated rings. The van der Waals surface area contributed by atoms with Crippen LogP contribution < -0.4 is 0 Å². The SMILES string of the molecule is CCCCCCCCCCCCc1cc(C)ccc1C(=O)C(=O)c1ccc(C)cc1. The number of carbonyl (C=O) groups excluding carboxylic acids is 2. The molecule has 0 saturated heterocycles. The lowest BCUT2D eigenvalue weighted by Gasteiger charge is -2.10. The third kappa shape index (κ3) is 7.89. The number of Topliss-reactive ketones (excluding diaryl/α,β-unsaturated/α-hetero) is 2. The molecule has 0 spiro atoms. The first kappa shape index (κ1) is 24.1. The summed E-state index contributed by atoms with van der Waals surface area (Å²) in [6, 6.07) is 13.1. The zero-order chi connectivity index (χ0) is 21.8. The molecular weight excluding hydrogens is 368 g/mol. The second-order valence-electron chi connectivity index (χ2n) is 8.62. The molecule has 2 nitrogen and oxygen atoms in total. The van der Waals surface area contributed by atoms with Crippen LogP contribution >= 0.6 is 0 Å². The molecule has 0 atom stereocenters. The molecule has 0 N–H and O–H groups in total. The van der Waals surface area contributed by atoms with Crippen LogP contribution in [0, 0.1) is 13.8 Å². The van der Waals surface area contributed by atoms with E-state index in [4.69, 9.17) is 0 Å². The molecule has 162 valence electrons. The van der Waals surface area contributed by atoms with Crippen LogP contribution in [0.15, 0.2) is 42.5 Å². The van der Waals surface area contributed by atoms with Crippen LogP contribution in [0.4, 0.5) is 0 Å². The van der Waals surface area contributed by atoms with Crippen LogP contribution in [0.1, 0.15) is 109 Å². The van der Waals surface area contributed by atoms with Gasteiger partial charge in [0.25, 0.3) is 0 Å². The summed E-state index contributed by atoms with van der Waals surface area (Å²) in [5, 5.41) is 0. The third-order valence-corrected chi connectivity index (χ3v) is 5.83. The van der Waals surface area contributed by atoms with E-state index in [0.29, 0.717) is 11.1 Å². The summed E-state index contributed by atoms with van der Waals surface area (Å²) in [6.45, 7) is 6.27. The summed E-state index contributed by atoms with van der Waals surface area (Å²) in [6.07, 6.45) is 13.8. The average molecular weight is 407 g/mol. The van der Waals surface area contributed by atoms with Crippen molar-refractivity contribution in [1.82, 2.24) is 0 Å². The van der Waals surface area contributed by atoms with Gasteiger partial charge in [0.1, 0.15) is 0 Å². The van der Waals surface area contributed by atoms with Crippen molar-refractivity contribution in [3.8, 4) is 0 Å². The van der Waals surface area contributed by atoms with E-state index in [2.05, 4.69) is 13.0 Å². The summed E-state index contributed by atoms with van der Waals surface area (Å²) >= 11 is 0. The molecule has 0 bridgehead atoms. The number of aryl methyl sites for hydroxylation is 3. The van der Waals surface area contributed by atoms with Gasteiger partial charge < -0.3 is 0 Å². The van der Waals surface area contributed by atoms with Crippen molar-refractivity contribution in [3.05, 3.63) is 70.3 Å². The fraction of sp³-hybridized carbons (Fsp3) is 0.500. The molecular formula is C28H38O2. The fourth-order valence-corrected chi connectivity index (χ4v) is 3.91. The van der Waals surface area contributed by atoms with E-state index in [1.165, 1.54) is 57.8 Å². The molecule has 0 radical (unpaired) electrons. The highest BCUT2D eigenvalue weighted by atomic mass is 16.2. The summed E-state index contributed by atoms with van der Waals surface area (Å²) in [5.74, 6) is -0.802. The van der Waals surface area contributed by atoms with Gasteiger partial charge in [0.2, 0.25) is 11.6 Å². The van der Waals surface area contributed by atoms with Gasteiger partial charge in [-0.2, -0.15) is 0 Å².